The van der Waals surface area contributed by atoms with Gasteiger partial charge in [0.25, 0.3) is 9.70 Å². The van der Waals surface area contributed by atoms with E-state index in [0.29, 0.717) is 28.9 Å². The summed E-state index contributed by atoms with van der Waals surface area (Å²) < 4.78 is 3.74. The van der Waals surface area contributed by atoms with E-state index in [2.05, 4.69) is 15.3 Å². The standard InChI is InChI=1S/C15H12Cl3N3O2/c1-2-5-10-20-11-12(23-10)8-6-3-4-7-9(8)19-13(11)21-14(22)15(16,17)18/h3-4,6-7H,2,5H2,1H3,(H,19,21,22). The van der Waals surface area contributed by atoms with Gasteiger partial charge in [-0.1, -0.05) is 53.9 Å². The lowest BCUT2D eigenvalue weighted by Gasteiger charge is -2.11. The maximum atomic E-state index is 11.9. The minimum absolute atomic E-state index is 0.209. The third-order valence-corrected chi connectivity index (χ3v) is 3.74. The van der Waals surface area contributed by atoms with Gasteiger partial charge in [-0.25, -0.2) is 9.97 Å². The predicted octanol–water partition coefficient (Wildman–Crippen LogP) is 4.64. The van der Waals surface area contributed by atoms with Gasteiger partial charge < -0.3 is 9.73 Å². The van der Waals surface area contributed by atoms with Crippen molar-refractivity contribution < 1.29 is 9.21 Å². The first kappa shape index (κ1) is 16.3. The highest BCUT2D eigenvalue weighted by Crippen LogP contribution is 2.32. The van der Waals surface area contributed by atoms with E-state index in [9.17, 15) is 4.79 Å². The minimum Gasteiger partial charge on any atom is -0.440 e. The lowest BCUT2D eigenvalue weighted by atomic mass is 10.2. The predicted molar refractivity (Wildman–Crippen MR) is 92.2 cm³/mol. The van der Waals surface area contributed by atoms with Crippen molar-refractivity contribution in [2.24, 2.45) is 0 Å². The molecule has 2 heterocycles. The average molecular weight is 373 g/mol. The Morgan fingerprint density at radius 3 is 2.70 bits per heavy atom. The van der Waals surface area contributed by atoms with Crippen LogP contribution in [0.5, 0.6) is 0 Å². The molecule has 8 heteroatoms. The summed E-state index contributed by atoms with van der Waals surface area (Å²) in [7, 11) is 0. The molecule has 0 saturated heterocycles. The number of halogens is 3. The molecule has 0 aliphatic carbocycles. The van der Waals surface area contributed by atoms with Gasteiger partial charge in [0.1, 0.15) is 0 Å². The van der Waals surface area contributed by atoms with Crippen molar-refractivity contribution in [3.05, 3.63) is 30.2 Å². The van der Waals surface area contributed by atoms with E-state index in [4.69, 9.17) is 39.2 Å². The molecule has 1 N–H and O–H groups in total. The zero-order chi connectivity index (χ0) is 16.6. The molecule has 3 aromatic rings. The highest BCUT2D eigenvalue weighted by molar-refractivity contribution is 6.76. The van der Waals surface area contributed by atoms with E-state index in [0.717, 1.165) is 11.8 Å². The Balaban J connectivity index is 2.20. The first-order chi connectivity index (χ1) is 10.9. The number of hydrogen-bond acceptors (Lipinski definition) is 4. The van der Waals surface area contributed by atoms with Gasteiger partial charge in [0.05, 0.1) is 5.52 Å². The minimum atomic E-state index is -2.09. The summed E-state index contributed by atoms with van der Waals surface area (Å²) in [5, 5.41) is 3.31. The zero-order valence-corrected chi connectivity index (χ0v) is 14.3. The summed E-state index contributed by atoms with van der Waals surface area (Å²) in [4.78, 5) is 20.8. The third-order valence-electron chi connectivity index (χ3n) is 3.23. The van der Waals surface area contributed by atoms with Crippen LogP contribution in [0.4, 0.5) is 5.82 Å². The van der Waals surface area contributed by atoms with E-state index < -0.39 is 9.70 Å². The van der Waals surface area contributed by atoms with Gasteiger partial charge in [0.15, 0.2) is 22.8 Å². The summed E-state index contributed by atoms with van der Waals surface area (Å²) >= 11 is 16.8. The molecular formula is C15H12Cl3N3O2. The van der Waals surface area contributed by atoms with Crippen LogP contribution >= 0.6 is 34.8 Å². The Bertz CT molecular complexity index is 887. The number of benzene rings is 1. The molecule has 120 valence electrons. The molecule has 5 nitrogen and oxygen atoms in total. The van der Waals surface area contributed by atoms with E-state index >= 15 is 0 Å². The van der Waals surface area contributed by atoms with Gasteiger partial charge in [-0.2, -0.15) is 0 Å². The number of fused-ring (bicyclic) bond motifs is 3. The maximum Gasteiger partial charge on any atom is 0.277 e. The number of nitrogens with one attached hydrogen (secondary N) is 1. The van der Waals surface area contributed by atoms with E-state index in [1.54, 1.807) is 0 Å². The Morgan fingerprint density at radius 1 is 1.26 bits per heavy atom. The van der Waals surface area contributed by atoms with Crippen molar-refractivity contribution in [1.29, 1.82) is 0 Å². The lowest BCUT2D eigenvalue weighted by Crippen LogP contribution is -2.27. The van der Waals surface area contributed by atoms with E-state index in [1.807, 2.05) is 31.2 Å². The van der Waals surface area contributed by atoms with Crippen LogP contribution in [0.2, 0.25) is 0 Å². The topological polar surface area (TPSA) is 68.0 Å². The van der Waals surface area contributed by atoms with E-state index in [1.165, 1.54) is 0 Å². The number of rotatable bonds is 3. The maximum absolute atomic E-state index is 11.9. The van der Waals surface area contributed by atoms with Crippen molar-refractivity contribution in [2.75, 3.05) is 5.32 Å². The molecule has 0 aliphatic rings. The monoisotopic (exact) mass is 371 g/mol. The van der Waals surface area contributed by atoms with Gasteiger partial charge in [-0.15, -0.1) is 0 Å². The largest absolute Gasteiger partial charge is 0.440 e. The van der Waals surface area contributed by atoms with Crippen LogP contribution in [-0.4, -0.2) is 19.7 Å². The summed E-state index contributed by atoms with van der Waals surface area (Å²) in [5.41, 5.74) is 1.65. The molecule has 0 unspecified atom stereocenters. The number of aryl methyl sites for hydroxylation is 1. The van der Waals surface area contributed by atoms with Crippen LogP contribution in [0.3, 0.4) is 0 Å². The smallest absolute Gasteiger partial charge is 0.277 e. The van der Waals surface area contributed by atoms with Crippen LogP contribution in [0, 0.1) is 0 Å². The highest BCUT2D eigenvalue weighted by atomic mass is 35.6. The average Bonchev–Trinajstić information content (AvgIpc) is 2.91. The van der Waals surface area contributed by atoms with E-state index in [-0.39, 0.29) is 5.82 Å². The Morgan fingerprint density at radius 2 is 2.00 bits per heavy atom. The normalized spacial score (nSPS) is 12.0. The number of aromatic nitrogens is 2. The number of para-hydroxylation sites is 1. The fraction of sp³-hybridized carbons (Fsp3) is 0.267. The molecule has 0 bridgehead atoms. The molecule has 1 aromatic carbocycles. The Kier molecular flexibility index (Phi) is 4.36. The molecule has 0 spiro atoms. The number of carbonyl (C=O) groups is 1. The quantitative estimate of drug-likeness (QED) is 0.680. The van der Waals surface area contributed by atoms with Crippen molar-refractivity contribution in [2.45, 2.75) is 23.6 Å². The molecule has 0 fully saturated rings. The Hall–Kier alpha value is -1.56. The molecule has 3 rings (SSSR count). The third kappa shape index (κ3) is 3.22. The molecule has 0 radical (unpaired) electrons. The fourth-order valence-electron chi connectivity index (χ4n) is 2.23. The molecule has 23 heavy (non-hydrogen) atoms. The van der Waals surface area contributed by atoms with Crippen LogP contribution in [0.25, 0.3) is 22.0 Å². The number of oxazole rings is 1. The molecule has 0 atom stereocenters. The van der Waals surface area contributed by atoms with Crippen molar-refractivity contribution in [3.8, 4) is 0 Å². The molecular weight excluding hydrogens is 361 g/mol. The summed E-state index contributed by atoms with van der Waals surface area (Å²) in [6.45, 7) is 2.02. The van der Waals surface area contributed by atoms with Gasteiger partial charge in [0.2, 0.25) is 0 Å². The summed E-state index contributed by atoms with van der Waals surface area (Å²) in [5.74, 6) is -0.0159. The number of pyridine rings is 1. The van der Waals surface area contributed by atoms with Crippen LogP contribution in [0.1, 0.15) is 19.2 Å². The molecule has 1 amide bonds. The lowest BCUT2D eigenvalue weighted by molar-refractivity contribution is -0.115. The summed E-state index contributed by atoms with van der Waals surface area (Å²) in [6, 6.07) is 7.41. The second-order valence-electron chi connectivity index (χ2n) is 4.96. The molecule has 0 aliphatic heterocycles. The van der Waals surface area contributed by atoms with Crippen LogP contribution < -0.4 is 5.32 Å². The van der Waals surface area contributed by atoms with Gasteiger partial charge >= 0.3 is 0 Å². The van der Waals surface area contributed by atoms with Gasteiger partial charge in [0, 0.05) is 11.8 Å². The Labute approximate surface area is 146 Å². The number of anilines is 1. The number of hydrogen-bond donors (Lipinski definition) is 1. The second kappa shape index (κ2) is 6.15. The van der Waals surface area contributed by atoms with Gasteiger partial charge in [-0.05, 0) is 18.6 Å². The second-order valence-corrected chi connectivity index (χ2v) is 7.25. The first-order valence-electron chi connectivity index (χ1n) is 6.96. The first-order valence-corrected chi connectivity index (χ1v) is 8.10. The SMILES string of the molecule is CCCc1nc2c(NC(=O)C(Cl)(Cl)Cl)nc3ccccc3c2o1. The van der Waals surface area contributed by atoms with Crippen molar-refractivity contribution in [1.82, 2.24) is 9.97 Å². The van der Waals surface area contributed by atoms with Crippen molar-refractivity contribution in [3.63, 3.8) is 0 Å². The van der Waals surface area contributed by atoms with Crippen LogP contribution in [0.15, 0.2) is 28.7 Å². The van der Waals surface area contributed by atoms with Crippen molar-refractivity contribution >= 4 is 68.5 Å². The summed E-state index contributed by atoms with van der Waals surface area (Å²) in [6.07, 6.45) is 1.56. The number of alkyl halides is 3. The fourth-order valence-corrected chi connectivity index (χ4v) is 2.37. The van der Waals surface area contributed by atoms with Crippen LogP contribution in [-0.2, 0) is 11.2 Å². The number of amides is 1. The zero-order valence-electron chi connectivity index (χ0n) is 12.1. The molecule has 0 saturated carbocycles. The number of carbonyl (C=O) groups excluding carboxylic acids is 1. The number of nitrogens with zero attached hydrogens (tertiary/aromatic N) is 2. The molecule has 2 aromatic heterocycles. The van der Waals surface area contributed by atoms with Gasteiger partial charge in [-0.3, -0.25) is 4.79 Å². The highest BCUT2D eigenvalue weighted by Gasteiger charge is 2.32.